The fourth-order valence-electron chi connectivity index (χ4n) is 1.65. The molecule has 0 fully saturated rings. The van der Waals surface area contributed by atoms with Gasteiger partial charge in [-0.15, -0.1) is 0 Å². The normalized spacial score (nSPS) is 10.3. The molecule has 0 bridgehead atoms. The number of hydrogen-bond acceptors (Lipinski definition) is 3. The molecule has 0 radical (unpaired) electrons. The Morgan fingerprint density at radius 3 is 2.78 bits per heavy atom. The summed E-state index contributed by atoms with van der Waals surface area (Å²) in [5.74, 6) is -0.806. The van der Waals surface area contributed by atoms with Gasteiger partial charge in [0.25, 0.3) is 11.5 Å². The van der Waals surface area contributed by atoms with Crippen molar-refractivity contribution in [1.82, 2.24) is 9.55 Å². The van der Waals surface area contributed by atoms with E-state index in [1.807, 2.05) is 0 Å². The highest BCUT2D eigenvalue weighted by Crippen LogP contribution is 2.17. The van der Waals surface area contributed by atoms with Crippen molar-refractivity contribution in [3.8, 4) is 5.69 Å². The van der Waals surface area contributed by atoms with Crippen LogP contribution in [0.3, 0.4) is 0 Å². The average molecular weight is 264 g/mol. The lowest BCUT2D eigenvalue weighted by molar-refractivity contribution is 0.0998. The lowest BCUT2D eigenvalue weighted by Crippen LogP contribution is -2.30. The number of carbonyl (C=O) groups excluding carboxylic acids is 1. The quantitative estimate of drug-likeness (QED) is 0.887. The van der Waals surface area contributed by atoms with Crippen molar-refractivity contribution in [2.75, 3.05) is 0 Å². The molecule has 2 N–H and O–H groups in total. The predicted octanol–water partition coefficient (Wildman–Crippen LogP) is 1.29. The Morgan fingerprint density at radius 2 is 2.22 bits per heavy atom. The van der Waals surface area contributed by atoms with E-state index in [9.17, 15) is 9.59 Å². The van der Waals surface area contributed by atoms with Crippen LogP contribution < -0.4 is 11.3 Å². The fraction of sp³-hybridized carbons (Fsp3) is 0.0833. The summed E-state index contributed by atoms with van der Waals surface area (Å²) < 4.78 is 1.31. The van der Waals surface area contributed by atoms with Crippen molar-refractivity contribution in [3.63, 3.8) is 0 Å². The van der Waals surface area contributed by atoms with E-state index in [0.717, 1.165) is 0 Å². The summed E-state index contributed by atoms with van der Waals surface area (Å²) >= 11 is 6.00. The minimum absolute atomic E-state index is 0.144. The molecule has 0 atom stereocenters. The summed E-state index contributed by atoms with van der Waals surface area (Å²) in [7, 11) is 0. The van der Waals surface area contributed by atoms with E-state index in [-0.39, 0.29) is 5.56 Å². The molecule has 0 unspecified atom stereocenters. The first-order valence-electron chi connectivity index (χ1n) is 5.14. The smallest absolute Gasteiger partial charge is 0.268 e. The van der Waals surface area contributed by atoms with Crippen LogP contribution in [-0.2, 0) is 0 Å². The van der Waals surface area contributed by atoms with Crippen LogP contribution in [-0.4, -0.2) is 15.5 Å². The number of nitrogens with two attached hydrogens (primary N) is 1. The maximum absolute atomic E-state index is 12.2. The van der Waals surface area contributed by atoms with Gasteiger partial charge in [-0.2, -0.15) is 0 Å². The van der Waals surface area contributed by atoms with Crippen LogP contribution in [0.25, 0.3) is 5.69 Å². The van der Waals surface area contributed by atoms with Gasteiger partial charge in [-0.05, 0) is 25.1 Å². The third-order valence-electron chi connectivity index (χ3n) is 2.56. The highest BCUT2D eigenvalue weighted by Gasteiger charge is 2.15. The van der Waals surface area contributed by atoms with E-state index in [2.05, 4.69) is 4.98 Å². The van der Waals surface area contributed by atoms with Crippen molar-refractivity contribution < 1.29 is 4.79 Å². The van der Waals surface area contributed by atoms with Gasteiger partial charge in [0.2, 0.25) is 0 Å². The molecule has 5 nitrogen and oxygen atoms in total. The molecule has 0 aliphatic rings. The van der Waals surface area contributed by atoms with Crippen molar-refractivity contribution in [2.24, 2.45) is 5.73 Å². The fourth-order valence-corrected chi connectivity index (χ4v) is 1.84. The first-order valence-corrected chi connectivity index (χ1v) is 5.52. The second-order valence-electron chi connectivity index (χ2n) is 3.71. The first-order chi connectivity index (χ1) is 8.52. The van der Waals surface area contributed by atoms with Crippen molar-refractivity contribution >= 4 is 17.5 Å². The topological polar surface area (TPSA) is 78.0 Å². The molecule has 0 aliphatic heterocycles. The Hall–Kier alpha value is -2.14. The van der Waals surface area contributed by atoms with Crippen LogP contribution in [0.1, 0.15) is 16.1 Å². The molecule has 0 saturated carbocycles. The second-order valence-corrected chi connectivity index (χ2v) is 4.11. The molecule has 0 spiro atoms. The summed E-state index contributed by atoms with van der Waals surface area (Å²) in [4.78, 5) is 27.3. The van der Waals surface area contributed by atoms with E-state index in [4.69, 9.17) is 17.3 Å². The van der Waals surface area contributed by atoms with Crippen LogP contribution in [0.4, 0.5) is 0 Å². The highest BCUT2D eigenvalue weighted by molar-refractivity contribution is 6.31. The summed E-state index contributed by atoms with van der Waals surface area (Å²) in [5.41, 5.74) is 5.57. The average Bonchev–Trinajstić information content (AvgIpc) is 2.35. The summed E-state index contributed by atoms with van der Waals surface area (Å²) in [6.07, 6.45) is 3.10. The van der Waals surface area contributed by atoms with Crippen LogP contribution in [0, 0.1) is 6.92 Å². The van der Waals surface area contributed by atoms with Crippen LogP contribution in [0.15, 0.2) is 35.4 Å². The molecule has 1 amide bonds. The second kappa shape index (κ2) is 4.62. The number of halogens is 1. The van der Waals surface area contributed by atoms with Crippen LogP contribution >= 0.6 is 11.6 Å². The van der Waals surface area contributed by atoms with Crippen molar-refractivity contribution in [1.29, 1.82) is 0 Å². The molecule has 0 saturated heterocycles. The van der Waals surface area contributed by atoms with Crippen molar-refractivity contribution in [3.05, 3.63) is 57.2 Å². The third kappa shape index (κ3) is 2.00. The predicted molar refractivity (Wildman–Crippen MR) is 68.1 cm³/mol. The minimum atomic E-state index is -0.806. The molecule has 0 aliphatic carbocycles. The summed E-state index contributed by atoms with van der Waals surface area (Å²) in [6, 6.07) is 4.67. The van der Waals surface area contributed by atoms with E-state index < -0.39 is 11.5 Å². The van der Waals surface area contributed by atoms with Gasteiger partial charge >= 0.3 is 0 Å². The number of aromatic nitrogens is 2. The van der Waals surface area contributed by atoms with Gasteiger partial charge < -0.3 is 5.73 Å². The number of pyridine rings is 2. The number of rotatable bonds is 2. The first kappa shape index (κ1) is 12.3. The summed E-state index contributed by atoms with van der Waals surface area (Å²) in [6.45, 7) is 1.68. The number of primary amides is 1. The molecule has 92 valence electrons. The maximum Gasteiger partial charge on any atom is 0.268 e. The molecule has 2 rings (SSSR count). The largest absolute Gasteiger partial charge is 0.365 e. The van der Waals surface area contributed by atoms with Crippen LogP contribution in [0.2, 0.25) is 5.02 Å². The lowest BCUT2D eigenvalue weighted by atomic mass is 10.2. The molecule has 0 aromatic carbocycles. The van der Waals surface area contributed by atoms with E-state index in [1.54, 1.807) is 25.3 Å². The molecule has 2 heterocycles. The van der Waals surface area contributed by atoms with E-state index >= 15 is 0 Å². The monoisotopic (exact) mass is 263 g/mol. The maximum atomic E-state index is 12.2. The van der Waals surface area contributed by atoms with Crippen molar-refractivity contribution in [2.45, 2.75) is 6.92 Å². The Bertz CT molecular complexity index is 665. The van der Waals surface area contributed by atoms with Gasteiger partial charge in [0.15, 0.2) is 0 Å². The highest BCUT2D eigenvalue weighted by atomic mass is 35.5. The Morgan fingerprint density at radius 1 is 1.50 bits per heavy atom. The van der Waals surface area contributed by atoms with Gasteiger partial charge in [0.05, 0.1) is 16.9 Å². The Labute approximate surface area is 108 Å². The molecule has 2 aromatic rings. The Kier molecular flexibility index (Phi) is 3.16. The zero-order valence-electron chi connectivity index (χ0n) is 9.55. The number of amides is 1. The standard InChI is InChI=1S/C12H10ClN3O2/c1-7-10(13)5-9(11(14)17)12(18)16(7)8-3-2-4-15-6-8/h2-6H,1H3,(H2,14,17). The van der Waals surface area contributed by atoms with Gasteiger partial charge in [-0.3, -0.25) is 19.1 Å². The molecular weight excluding hydrogens is 254 g/mol. The molecule has 18 heavy (non-hydrogen) atoms. The summed E-state index contributed by atoms with van der Waals surface area (Å²) in [5, 5.41) is 0.298. The van der Waals surface area contributed by atoms with Gasteiger partial charge in [-0.25, -0.2) is 0 Å². The molecular formula is C12H10ClN3O2. The number of nitrogens with zero attached hydrogens (tertiary/aromatic N) is 2. The van der Waals surface area contributed by atoms with E-state index in [0.29, 0.717) is 16.4 Å². The third-order valence-corrected chi connectivity index (χ3v) is 2.94. The number of carbonyl (C=O) groups is 1. The van der Waals surface area contributed by atoms with E-state index in [1.165, 1.54) is 16.8 Å². The molecule has 6 heteroatoms. The van der Waals surface area contributed by atoms with Gasteiger partial charge in [0.1, 0.15) is 5.56 Å². The molecule has 2 aromatic heterocycles. The number of hydrogen-bond donors (Lipinski definition) is 1. The zero-order chi connectivity index (χ0) is 13.3. The minimum Gasteiger partial charge on any atom is -0.365 e. The zero-order valence-corrected chi connectivity index (χ0v) is 10.3. The van der Waals surface area contributed by atoms with Gasteiger partial charge in [0, 0.05) is 11.9 Å². The van der Waals surface area contributed by atoms with Gasteiger partial charge in [-0.1, -0.05) is 11.6 Å². The van der Waals surface area contributed by atoms with Crippen LogP contribution in [0.5, 0.6) is 0 Å². The lowest BCUT2D eigenvalue weighted by Gasteiger charge is -2.12. The Balaban J connectivity index is 2.82. The SMILES string of the molecule is Cc1c(Cl)cc(C(N)=O)c(=O)n1-c1cccnc1.